The quantitative estimate of drug-likeness (QED) is 0.259. The molecule has 0 aromatic rings. The van der Waals surface area contributed by atoms with Crippen molar-refractivity contribution in [2.75, 3.05) is 13.1 Å². The molecule has 0 spiro atoms. The first-order valence-electron chi connectivity index (χ1n) is 11.0. The van der Waals surface area contributed by atoms with E-state index in [1.807, 2.05) is 13.8 Å². The van der Waals surface area contributed by atoms with Gasteiger partial charge in [-0.25, -0.2) is 0 Å². The molecule has 0 heterocycles. The molecule has 2 heteroatoms. The third-order valence-corrected chi connectivity index (χ3v) is 4.89. The SMILES string of the molecule is CCNCCCCCCCCCCCCCCCCCC(C)(C)O. The second-order valence-electron chi connectivity index (χ2n) is 8.22. The molecule has 0 rings (SSSR count). The fourth-order valence-corrected chi connectivity index (χ4v) is 3.28. The predicted molar refractivity (Wildman–Crippen MR) is 109 cm³/mol. The molecule has 146 valence electrons. The van der Waals surface area contributed by atoms with Crippen molar-refractivity contribution in [3.63, 3.8) is 0 Å². The Bertz CT molecular complexity index is 235. The standard InChI is InChI=1S/C22H47NO/c1-4-23-21-19-17-15-13-11-9-7-5-6-8-10-12-14-16-18-20-22(2,3)24/h23-24H,4-21H2,1-3H3. The average Bonchev–Trinajstić information content (AvgIpc) is 2.52. The van der Waals surface area contributed by atoms with Crippen LogP contribution in [-0.4, -0.2) is 23.8 Å². The van der Waals surface area contributed by atoms with Crippen LogP contribution < -0.4 is 5.32 Å². The molecule has 0 saturated carbocycles. The third-order valence-electron chi connectivity index (χ3n) is 4.89. The summed E-state index contributed by atoms with van der Waals surface area (Å²) in [6.45, 7) is 8.33. The number of hydrogen-bond acceptors (Lipinski definition) is 2. The molecular formula is C22H47NO. The van der Waals surface area contributed by atoms with E-state index in [0.29, 0.717) is 0 Å². The Morgan fingerprint density at radius 3 is 1.25 bits per heavy atom. The van der Waals surface area contributed by atoms with Crippen LogP contribution in [-0.2, 0) is 0 Å². The normalized spacial score (nSPS) is 12.0. The first kappa shape index (κ1) is 23.9. The van der Waals surface area contributed by atoms with E-state index in [0.717, 1.165) is 13.0 Å². The molecular weight excluding hydrogens is 294 g/mol. The van der Waals surface area contributed by atoms with E-state index in [1.165, 1.54) is 103 Å². The van der Waals surface area contributed by atoms with Crippen LogP contribution in [0.5, 0.6) is 0 Å². The lowest BCUT2D eigenvalue weighted by molar-refractivity contribution is 0.0680. The minimum absolute atomic E-state index is 0.466. The largest absolute Gasteiger partial charge is 0.390 e. The monoisotopic (exact) mass is 341 g/mol. The van der Waals surface area contributed by atoms with Gasteiger partial charge < -0.3 is 10.4 Å². The van der Waals surface area contributed by atoms with Crippen LogP contribution in [0.3, 0.4) is 0 Å². The Kier molecular flexibility index (Phi) is 17.7. The first-order valence-corrected chi connectivity index (χ1v) is 11.0. The van der Waals surface area contributed by atoms with Crippen molar-refractivity contribution < 1.29 is 5.11 Å². The summed E-state index contributed by atoms with van der Waals surface area (Å²) >= 11 is 0. The summed E-state index contributed by atoms with van der Waals surface area (Å²) in [4.78, 5) is 0. The molecule has 0 aromatic carbocycles. The van der Waals surface area contributed by atoms with Gasteiger partial charge in [0.25, 0.3) is 0 Å². The average molecular weight is 342 g/mol. The van der Waals surface area contributed by atoms with Gasteiger partial charge in [0, 0.05) is 0 Å². The lowest BCUT2D eigenvalue weighted by atomic mass is 9.99. The van der Waals surface area contributed by atoms with Gasteiger partial charge in [-0.15, -0.1) is 0 Å². The van der Waals surface area contributed by atoms with Crippen LogP contribution in [0.15, 0.2) is 0 Å². The molecule has 0 aliphatic heterocycles. The third kappa shape index (κ3) is 21.9. The molecule has 0 aromatic heterocycles. The van der Waals surface area contributed by atoms with Crippen molar-refractivity contribution in [2.24, 2.45) is 0 Å². The highest BCUT2D eigenvalue weighted by molar-refractivity contribution is 4.64. The number of hydrogen-bond donors (Lipinski definition) is 2. The predicted octanol–water partition coefficient (Wildman–Crippen LogP) is 6.61. The topological polar surface area (TPSA) is 32.3 Å². The Morgan fingerprint density at radius 1 is 0.583 bits per heavy atom. The minimum Gasteiger partial charge on any atom is -0.390 e. The molecule has 0 fully saturated rings. The van der Waals surface area contributed by atoms with Gasteiger partial charge in [0.15, 0.2) is 0 Å². The van der Waals surface area contributed by atoms with Crippen molar-refractivity contribution in [1.29, 1.82) is 0 Å². The fourth-order valence-electron chi connectivity index (χ4n) is 3.28. The van der Waals surface area contributed by atoms with Crippen molar-refractivity contribution >= 4 is 0 Å². The summed E-state index contributed by atoms with van der Waals surface area (Å²) in [7, 11) is 0. The van der Waals surface area contributed by atoms with E-state index >= 15 is 0 Å². The van der Waals surface area contributed by atoms with Crippen LogP contribution in [0.4, 0.5) is 0 Å². The van der Waals surface area contributed by atoms with Crippen LogP contribution >= 0.6 is 0 Å². The molecule has 0 bridgehead atoms. The van der Waals surface area contributed by atoms with Crippen LogP contribution in [0.25, 0.3) is 0 Å². The molecule has 24 heavy (non-hydrogen) atoms. The van der Waals surface area contributed by atoms with E-state index in [9.17, 15) is 5.11 Å². The summed E-state index contributed by atoms with van der Waals surface area (Å²) in [5.41, 5.74) is -0.466. The molecule has 0 unspecified atom stereocenters. The van der Waals surface area contributed by atoms with Crippen molar-refractivity contribution in [3.05, 3.63) is 0 Å². The number of rotatable bonds is 19. The summed E-state index contributed by atoms with van der Waals surface area (Å²) in [6.07, 6.45) is 21.8. The molecule has 0 atom stereocenters. The first-order chi connectivity index (χ1) is 11.6. The van der Waals surface area contributed by atoms with E-state index in [1.54, 1.807) is 0 Å². The smallest absolute Gasteiger partial charge is 0.0591 e. The van der Waals surface area contributed by atoms with Gasteiger partial charge in [0.1, 0.15) is 0 Å². The van der Waals surface area contributed by atoms with Gasteiger partial charge in [0.2, 0.25) is 0 Å². The minimum atomic E-state index is -0.466. The van der Waals surface area contributed by atoms with E-state index < -0.39 is 5.60 Å². The number of unbranched alkanes of at least 4 members (excludes halogenated alkanes) is 14. The molecule has 0 aliphatic rings. The van der Waals surface area contributed by atoms with Crippen molar-refractivity contribution in [2.45, 2.75) is 129 Å². The van der Waals surface area contributed by atoms with Crippen LogP contribution in [0.2, 0.25) is 0 Å². The Balaban J connectivity index is 3.00. The molecule has 2 nitrogen and oxygen atoms in total. The second kappa shape index (κ2) is 17.7. The summed E-state index contributed by atoms with van der Waals surface area (Å²) < 4.78 is 0. The fraction of sp³-hybridized carbons (Fsp3) is 1.00. The zero-order chi connectivity index (χ0) is 17.9. The molecule has 0 saturated heterocycles. The van der Waals surface area contributed by atoms with E-state index in [4.69, 9.17) is 0 Å². The van der Waals surface area contributed by atoms with Gasteiger partial charge in [-0.1, -0.05) is 96.8 Å². The van der Waals surface area contributed by atoms with Crippen molar-refractivity contribution in [3.8, 4) is 0 Å². The van der Waals surface area contributed by atoms with E-state index in [-0.39, 0.29) is 0 Å². The highest BCUT2D eigenvalue weighted by Crippen LogP contribution is 2.16. The summed E-state index contributed by atoms with van der Waals surface area (Å²) in [5.74, 6) is 0. The highest BCUT2D eigenvalue weighted by atomic mass is 16.3. The zero-order valence-corrected chi connectivity index (χ0v) is 17.2. The summed E-state index contributed by atoms with van der Waals surface area (Å²) in [5, 5.41) is 13.0. The number of aliphatic hydroxyl groups is 1. The Labute approximate surface area is 153 Å². The van der Waals surface area contributed by atoms with Gasteiger partial charge in [0.05, 0.1) is 5.60 Å². The lowest BCUT2D eigenvalue weighted by Gasteiger charge is -2.16. The maximum atomic E-state index is 9.65. The van der Waals surface area contributed by atoms with Crippen molar-refractivity contribution in [1.82, 2.24) is 5.32 Å². The van der Waals surface area contributed by atoms with Crippen LogP contribution in [0, 0.1) is 0 Å². The lowest BCUT2D eigenvalue weighted by Crippen LogP contribution is -2.17. The Morgan fingerprint density at radius 2 is 0.917 bits per heavy atom. The van der Waals surface area contributed by atoms with Crippen LogP contribution in [0.1, 0.15) is 124 Å². The number of nitrogens with one attached hydrogen (secondary N) is 1. The molecule has 2 N–H and O–H groups in total. The van der Waals surface area contributed by atoms with Gasteiger partial charge in [-0.2, -0.15) is 0 Å². The molecule has 0 aliphatic carbocycles. The molecule has 0 radical (unpaired) electrons. The second-order valence-corrected chi connectivity index (χ2v) is 8.22. The summed E-state index contributed by atoms with van der Waals surface area (Å²) in [6, 6.07) is 0. The van der Waals surface area contributed by atoms with Gasteiger partial charge >= 0.3 is 0 Å². The zero-order valence-electron chi connectivity index (χ0n) is 17.2. The highest BCUT2D eigenvalue weighted by Gasteiger charge is 2.10. The van der Waals surface area contributed by atoms with Gasteiger partial charge in [-0.3, -0.25) is 0 Å². The molecule has 0 amide bonds. The van der Waals surface area contributed by atoms with Gasteiger partial charge in [-0.05, 0) is 39.8 Å². The maximum absolute atomic E-state index is 9.65. The van der Waals surface area contributed by atoms with E-state index in [2.05, 4.69) is 12.2 Å². The maximum Gasteiger partial charge on any atom is 0.0591 e. The Hall–Kier alpha value is -0.0800.